The molecule has 0 aromatic carbocycles. The first-order valence-corrected chi connectivity index (χ1v) is 19.3. The van der Waals surface area contributed by atoms with E-state index >= 15 is 0 Å². The SMILES string of the molecule is CCC(C)C(=O)OCCC(C)(F)F.CCC(C)C(=O)OCCC(F)(F)F.CCC(C)C(=O)OCCC(F)F.CCOC(=O)C(C)CC.CCOC(=O)C(C)CC. The predicted molar refractivity (Wildman–Crippen MR) is 200 cm³/mol. The fourth-order valence-corrected chi connectivity index (χ4v) is 2.68. The second kappa shape index (κ2) is 37.4. The predicted octanol–water partition coefficient (Wildman–Crippen LogP) is 10.6. The van der Waals surface area contributed by atoms with E-state index in [1.165, 1.54) is 0 Å². The standard InChI is InChI=1S/C9H16F2O2.C8H13F3O2.C8H14F2O2.2C7H14O2/c1-4-7(2)8(12)13-6-5-9(3,10)11;1-3-6(2)7(12)13-5-4-8(9,10)11;1-3-6(2)8(11)12-5-4-7(9)10;2*1-4-6(3)7(8)9-5-2/h7H,4-6H2,1-3H3;6H,3-5H2,1-2H3;6-7H,3-5H2,1-2H3;2*6H,4-5H2,1-3H3. The summed E-state index contributed by atoms with van der Waals surface area (Å²) < 4.78 is 106. The Bertz CT molecular complexity index is 944. The summed E-state index contributed by atoms with van der Waals surface area (Å²) in [5.74, 6) is -4.87. The molecule has 0 aromatic rings. The van der Waals surface area contributed by atoms with Gasteiger partial charge in [-0.3, -0.25) is 24.0 Å². The molecule has 0 bridgehead atoms. The van der Waals surface area contributed by atoms with Crippen LogP contribution in [0.2, 0.25) is 0 Å². The van der Waals surface area contributed by atoms with Crippen molar-refractivity contribution in [2.75, 3.05) is 33.0 Å². The second-order valence-electron chi connectivity index (χ2n) is 12.9. The van der Waals surface area contributed by atoms with Crippen LogP contribution in [0.5, 0.6) is 0 Å². The number of hydrogen-bond acceptors (Lipinski definition) is 10. The lowest BCUT2D eigenvalue weighted by atomic mass is 10.1. The number of halogens is 7. The van der Waals surface area contributed by atoms with Crippen LogP contribution in [0, 0.1) is 29.6 Å². The van der Waals surface area contributed by atoms with Gasteiger partial charge >= 0.3 is 36.0 Å². The smallest absolute Gasteiger partial charge is 0.392 e. The molecule has 0 fully saturated rings. The summed E-state index contributed by atoms with van der Waals surface area (Å²) in [5, 5.41) is 0. The Morgan fingerprint density at radius 1 is 0.446 bits per heavy atom. The summed E-state index contributed by atoms with van der Waals surface area (Å²) in [4.78, 5) is 54.3. The van der Waals surface area contributed by atoms with Gasteiger partial charge in [0.25, 0.3) is 0 Å². The minimum Gasteiger partial charge on any atom is -0.466 e. The molecule has 0 N–H and O–H groups in total. The average Bonchev–Trinajstić information content (AvgIpc) is 3.12. The molecule has 5 atom stereocenters. The van der Waals surface area contributed by atoms with E-state index in [4.69, 9.17) is 9.47 Å². The van der Waals surface area contributed by atoms with Crippen LogP contribution in [-0.2, 0) is 47.7 Å². The van der Waals surface area contributed by atoms with E-state index in [1.807, 2.05) is 55.4 Å². The van der Waals surface area contributed by atoms with Gasteiger partial charge in [-0.15, -0.1) is 0 Å². The van der Waals surface area contributed by atoms with Gasteiger partial charge in [0.15, 0.2) is 0 Å². The minimum atomic E-state index is -4.25. The van der Waals surface area contributed by atoms with Gasteiger partial charge < -0.3 is 23.7 Å². The zero-order valence-electron chi connectivity index (χ0n) is 35.9. The third-order valence-corrected chi connectivity index (χ3v) is 7.64. The summed E-state index contributed by atoms with van der Waals surface area (Å²) in [6.45, 7) is 22.7. The number of esters is 5. The first kappa shape index (κ1) is 62.1. The molecule has 0 saturated heterocycles. The monoisotopic (exact) mass is 832 g/mol. The Labute approximate surface area is 330 Å². The van der Waals surface area contributed by atoms with Gasteiger partial charge in [-0.1, -0.05) is 69.2 Å². The molecule has 0 aliphatic heterocycles. The zero-order chi connectivity index (χ0) is 45.1. The van der Waals surface area contributed by atoms with Crippen molar-refractivity contribution in [3.63, 3.8) is 0 Å². The maximum atomic E-state index is 12.3. The van der Waals surface area contributed by atoms with E-state index < -0.39 is 55.9 Å². The van der Waals surface area contributed by atoms with Gasteiger partial charge in [0.1, 0.15) is 0 Å². The Hall–Kier alpha value is -3.14. The lowest BCUT2D eigenvalue weighted by Gasteiger charge is -2.12. The summed E-state index contributed by atoms with van der Waals surface area (Å²) in [6.07, 6.45) is -4.87. The van der Waals surface area contributed by atoms with Gasteiger partial charge in [0.2, 0.25) is 12.3 Å². The molecule has 0 aromatic heterocycles. The fraction of sp³-hybridized carbons (Fsp3) is 0.872. The maximum Gasteiger partial charge on any atom is 0.392 e. The van der Waals surface area contributed by atoms with Crippen molar-refractivity contribution >= 4 is 29.8 Å². The van der Waals surface area contributed by atoms with E-state index in [-0.39, 0.29) is 61.2 Å². The number of hydrogen-bond donors (Lipinski definition) is 0. The Balaban J connectivity index is -0.000000195. The van der Waals surface area contributed by atoms with Crippen LogP contribution < -0.4 is 0 Å². The van der Waals surface area contributed by atoms with Crippen molar-refractivity contribution in [1.29, 1.82) is 0 Å². The third kappa shape index (κ3) is 45.3. The van der Waals surface area contributed by atoms with E-state index in [0.29, 0.717) is 32.5 Å². The molecular weight excluding hydrogens is 761 g/mol. The lowest BCUT2D eigenvalue weighted by molar-refractivity contribution is -0.162. The summed E-state index contributed by atoms with van der Waals surface area (Å²) in [7, 11) is 0. The van der Waals surface area contributed by atoms with Crippen molar-refractivity contribution in [3.05, 3.63) is 0 Å². The van der Waals surface area contributed by atoms with E-state index in [9.17, 15) is 54.7 Å². The van der Waals surface area contributed by atoms with Crippen LogP contribution >= 0.6 is 0 Å². The van der Waals surface area contributed by atoms with Gasteiger partial charge in [-0.25, -0.2) is 17.6 Å². The van der Waals surface area contributed by atoms with E-state index in [1.54, 1.807) is 27.7 Å². The lowest BCUT2D eigenvalue weighted by Crippen LogP contribution is -2.19. The second-order valence-corrected chi connectivity index (χ2v) is 12.9. The molecule has 0 rings (SSSR count). The van der Waals surface area contributed by atoms with Crippen LogP contribution in [0.15, 0.2) is 0 Å². The molecule has 0 spiro atoms. The van der Waals surface area contributed by atoms with Crippen LogP contribution in [0.4, 0.5) is 30.7 Å². The largest absolute Gasteiger partial charge is 0.466 e. The molecule has 0 aliphatic rings. The first-order valence-electron chi connectivity index (χ1n) is 19.3. The van der Waals surface area contributed by atoms with Crippen molar-refractivity contribution in [1.82, 2.24) is 0 Å². The molecule has 0 amide bonds. The third-order valence-electron chi connectivity index (χ3n) is 7.64. The average molecular weight is 833 g/mol. The number of rotatable bonds is 20. The Morgan fingerprint density at radius 3 is 0.911 bits per heavy atom. The number of carbonyl (C=O) groups is 5. The van der Waals surface area contributed by atoms with Crippen LogP contribution in [0.1, 0.15) is 141 Å². The molecule has 17 heteroatoms. The normalized spacial score (nSPS) is 13.4. The molecular formula is C39H71F7O10. The maximum absolute atomic E-state index is 12.3. The zero-order valence-corrected chi connectivity index (χ0v) is 35.9. The Kier molecular flexibility index (Phi) is 41.5. The van der Waals surface area contributed by atoms with Gasteiger partial charge in [0, 0.05) is 12.8 Å². The molecule has 336 valence electrons. The topological polar surface area (TPSA) is 132 Å². The van der Waals surface area contributed by atoms with Gasteiger partial charge in [-0.05, 0) is 52.9 Å². The number of alkyl halides is 7. The number of carbonyl (C=O) groups excluding carboxylic acids is 5. The highest BCUT2D eigenvalue weighted by Crippen LogP contribution is 2.19. The van der Waals surface area contributed by atoms with Gasteiger partial charge in [0.05, 0.1) is 69.0 Å². The van der Waals surface area contributed by atoms with Crippen molar-refractivity contribution in [2.45, 2.75) is 160 Å². The minimum absolute atomic E-state index is 0.0601. The first-order chi connectivity index (χ1) is 25.7. The molecule has 56 heavy (non-hydrogen) atoms. The Morgan fingerprint density at radius 2 is 0.696 bits per heavy atom. The molecule has 10 nitrogen and oxygen atoms in total. The molecule has 0 saturated carbocycles. The summed E-state index contributed by atoms with van der Waals surface area (Å²) in [6, 6.07) is 0. The highest BCUT2D eigenvalue weighted by atomic mass is 19.4. The summed E-state index contributed by atoms with van der Waals surface area (Å²) in [5.41, 5.74) is 0. The van der Waals surface area contributed by atoms with Gasteiger partial charge in [-0.2, -0.15) is 13.2 Å². The number of ether oxygens (including phenoxy) is 5. The van der Waals surface area contributed by atoms with Crippen molar-refractivity contribution in [2.24, 2.45) is 29.6 Å². The highest BCUT2D eigenvalue weighted by Gasteiger charge is 2.27. The van der Waals surface area contributed by atoms with E-state index in [0.717, 1.165) is 19.8 Å². The molecule has 0 aliphatic carbocycles. The van der Waals surface area contributed by atoms with Crippen molar-refractivity contribution < 1.29 is 78.4 Å². The molecule has 0 heterocycles. The summed E-state index contributed by atoms with van der Waals surface area (Å²) >= 11 is 0. The van der Waals surface area contributed by atoms with E-state index in [2.05, 4.69) is 14.2 Å². The van der Waals surface area contributed by atoms with Crippen molar-refractivity contribution in [3.8, 4) is 0 Å². The molecule has 5 unspecified atom stereocenters. The highest BCUT2D eigenvalue weighted by molar-refractivity contribution is 5.73. The van der Waals surface area contributed by atoms with Crippen LogP contribution in [0.3, 0.4) is 0 Å². The fourth-order valence-electron chi connectivity index (χ4n) is 2.68. The molecule has 0 radical (unpaired) electrons. The van der Waals surface area contributed by atoms with Crippen LogP contribution in [0.25, 0.3) is 0 Å². The quantitative estimate of drug-likeness (QED) is 0.0663. The van der Waals surface area contributed by atoms with Crippen LogP contribution in [-0.4, -0.2) is 81.4 Å².